The molecule has 0 saturated carbocycles. The number of aromatic nitrogens is 1. The lowest BCUT2D eigenvalue weighted by Gasteiger charge is -2.16. The molecule has 0 saturated heterocycles. The number of fused-ring (bicyclic) bond motifs is 1. The highest BCUT2D eigenvalue weighted by Crippen LogP contribution is 2.19. The van der Waals surface area contributed by atoms with E-state index < -0.39 is 0 Å². The van der Waals surface area contributed by atoms with E-state index >= 15 is 0 Å². The summed E-state index contributed by atoms with van der Waals surface area (Å²) in [5, 5.41) is 0. The minimum atomic E-state index is -0.387. The SMILES string of the molecule is CC(=O)c1cncc2c1CCOC2=O. The Balaban J connectivity index is 2.60. The van der Waals surface area contributed by atoms with E-state index in [9.17, 15) is 9.59 Å². The van der Waals surface area contributed by atoms with Gasteiger partial charge in [0, 0.05) is 24.4 Å². The van der Waals surface area contributed by atoms with Crippen LogP contribution in [0.5, 0.6) is 0 Å². The molecular weight excluding hydrogens is 182 g/mol. The monoisotopic (exact) mass is 191 g/mol. The molecule has 0 aromatic carbocycles. The van der Waals surface area contributed by atoms with Gasteiger partial charge in [0.15, 0.2) is 5.78 Å². The molecule has 0 amide bonds. The van der Waals surface area contributed by atoms with E-state index in [4.69, 9.17) is 4.74 Å². The molecule has 1 aromatic heterocycles. The van der Waals surface area contributed by atoms with Crippen LogP contribution in [0.25, 0.3) is 0 Å². The van der Waals surface area contributed by atoms with Gasteiger partial charge < -0.3 is 4.74 Å². The lowest BCUT2D eigenvalue weighted by atomic mass is 9.98. The number of cyclic esters (lactones) is 1. The summed E-state index contributed by atoms with van der Waals surface area (Å²) in [6, 6.07) is 0. The number of rotatable bonds is 1. The Bertz CT molecular complexity index is 398. The fourth-order valence-electron chi connectivity index (χ4n) is 1.56. The molecule has 4 heteroatoms. The highest BCUT2D eigenvalue weighted by Gasteiger charge is 2.22. The summed E-state index contributed by atoms with van der Waals surface area (Å²) >= 11 is 0. The zero-order valence-electron chi connectivity index (χ0n) is 7.74. The summed E-state index contributed by atoms with van der Waals surface area (Å²) in [5.41, 5.74) is 1.71. The number of esters is 1. The van der Waals surface area contributed by atoms with Crippen LogP contribution in [0.3, 0.4) is 0 Å². The molecule has 0 N–H and O–H groups in total. The summed E-state index contributed by atoms with van der Waals surface area (Å²) < 4.78 is 4.85. The first-order chi connectivity index (χ1) is 6.70. The largest absolute Gasteiger partial charge is 0.462 e. The normalized spacial score (nSPS) is 14.5. The highest BCUT2D eigenvalue weighted by atomic mass is 16.5. The third kappa shape index (κ3) is 1.28. The molecule has 0 unspecified atom stereocenters. The molecule has 0 aliphatic carbocycles. The number of carbonyl (C=O) groups is 2. The maximum atomic E-state index is 11.3. The maximum Gasteiger partial charge on any atom is 0.340 e. The molecule has 0 spiro atoms. The topological polar surface area (TPSA) is 56.3 Å². The molecule has 0 bridgehead atoms. The first kappa shape index (κ1) is 8.87. The maximum absolute atomic E-state index is 11.3. The molecular formula is C10H9NO3. The first-order valence-corrected chi connectivity index (χ1v) is 4.35. The summed E-state index contributed by atoms with van der Waals surface area (Å²) in [7, 11) is 0. The van der Waals surface area contributed by atoms with Gasteiger partial charge in [-0.3, -0.25) is 9.78 Å². The van der Waals surface area contributed by atoms with Crippen molar-refractivity contribution in [2.24, 2.45) is 0 Å². The molecule has 1 aromatic rings. The second-order valence-electron chi connectivity index (χ2n) is 3.16. The van der Waals surface area contributed by atoms with Gasteiger partial charge in [0.05, 0.1) is 12.2 Å². The van der Waals surface area contributed by atoms with E-state index in [2.05, 4.69) is 4.98 Å². The van der Waals surface area contributed by atoms with Crippen molar-refractivity contribution in [3.05, 3.63) is 29.1 Å². The number of ether oxygens (including phenoxy) is 1. The van der Waals surface area contributed by atoms with Crippen LogP contribution in [-0.4, -0.2) is 23.3 Å². The summed E-state index contributed by atoms with van der Waals surface area (Å²) in [6.45, 7) is 1.81. The fraction of sp³-hybridized carbons (Fsp3) is 0.300. The number of ketones is 1. The third-order valence-corrected chi connectivity index (χ3v) is 2.24. The van der Waals surface area contributed by atoms with Gasteiger partial charge in [-0.05, 0) is 12.5 Å². The van der Waals surface area contributed by atoms with Crippen LogP contribution in [0, 0.1) is 0 Å². The van der Waals surface area contributed by atoms with E-state index in [1.807, 2.05) is 0 Å². The molecule has 0 radical (unpaired) electrons. The van der Waals surface area contributed by atoms with Crippen molar-refractivity contribution in [3.8, 4) is 0 Å². The standard InChI is InChI=1S/C10H9NO3/c1-6(12)8-4-11-5-9-7(8)2-3-14-10(9)13/h4-5H,2-3H2,1H3. The van der Waals surface area contributed by atoms with Crippen molar-refractivity contribution in [2.75, 3.05) is 6.61 Å². The lowest BCUT2D eigenvalue weighted by molar-refractivity contribution is 0.0479. The Hall–Kier alpha value is -1.71. The number of nitrogens with zero attached hydrogens (tertiary/aromatic N) is 1. The van der Waals surface area contributed by atoms with Gasteiger partial charge in [-0.1, -0.05) is 0 Å². The third-order valence-electron chi connectivity index (χ3n) is 2.24. The van der Waals surface area contributed by atoms with Crippen LogP contribution in [-0.2, 0) is 11.2 Å². The number of hydrogen-bond donors (Lipinski definition) is 0. The second-order valence-corrected chi connectivity index (χ2v) is 3.16. The number of hydrogen-bond acceptors (Lipinski definition) is 4. The quantitative estimate of drug-likeness (QED) is 0.490. The van der Waals surface area contributed by atoms with Crippen molar-refractivity contribution < 1.29 is 14.3 Å². The van der Waals surface area contributed by atoms with E-state index in [1.54, 1.807) is 0 Å². The van der Waals surface area contributed by atoms with Gasteiger partial charge in [0.1, 0.15) is 0 Å². The van der Waals surface area contributed by atoms with E-state index in [0.717, 1.165) is 5.56 Å². The van der Waals surface area contributed by atoms with Crippen molar-refractivity contribution >= 4 is 11.8 Å². The zero-order valence-corrected chi connectivity index (χ0v) is 7.74. The second kappa shape index (κ2) is 3.21. The number of Topliss-reactive ketones (excluding diaryl/α,β-unsaturated/α-hetero) is 1. The molecule has 14 heavy (non-hydrogen) atoms. The summed E-state index contributed by atoms with van der Waals surface area (Å²) in [6.07, 6.45) is 3.54. The molecule has 2 heterocycles. The summed E-state index contributed by atoms with van der Waals surface area (Å²) in [5.74, 6) is -0.453. The molecule has 4 nitrogen and oxygen atoms in total. The molecule has 72 valence electrons. The summed E-state index contributed by atoms with van der Waals surface area (Å²) in [4.78, 5) is 26.4. The van der Waals surface area contributed by atoms with Gasteiger partial charge in [0.25, 0.3) is 0 Å². The predicted molar refractivity (Wildman–Crippen MR) is 48.2 cm³/mol. The Morgan fingerprint density at radius 2 is 2.29 bits per heavy atom. The zero-order chi connectivity index (χ0) is 10.1. The Kier molecular flexibility index (Phi) is 2.04. The Labute approximate surface area is 80.9 Å². The van der Waals surface area contributed by atoms with Crippen molar-refractivity contribution in [1.82, 2.24) is 4.98 Å². The highest BCUT2D eigenvalue weighted by molar-refractivity contribution is 6.00. The van der Waals surface area contributed by atoms with Crippen LogP contribution >= 0.6 is 0 Å². The molecule has 0 fully saturated rings. The average molecular weight is 191 g/mol. The van der Waals surface area contributed by atoms with Crippen LogP contribution in [0.2, 0.25) is 0 Å². The van der Waals surface area contributed by atoms with E-state index in [1.165, 1.54) is 19.3 Å². The van der Waals surface area contributed by atoms with Gasteiger partial charge in [-0.2, -0.15) is 0 Å². The van der Waals surface area contributed by atoms with Crippen LogP contribution in [0.1, 0.15) is 33.2 Å². The van der Waals surface area contributed by atoms with E-state index in [-0.39, 0.29) is 11.8 Å². The van der Waals surface area contributed by atoms with Gasteiger partial charge >= 0.3 is 5.97 Å². The Morgan fingerprint density at radius 3 is 3.00 bits per heavy atom. The van der Waals surface area contributed by atoms with Crippen LogP contribution in [0.15, 0.2) is 12.4 Å². The van der Waals surface area contributed by atoms with Crippen molar-refractivity contribution in [2.45, 2.75) is 13.3 Å². The molecule has 0 atom stereocenters. The average Bonchev–Trinajstić information content (AvgIpc) is 2.17. The van der Waals surface area contributed by atoms with Gasteiger partial charge in [0.2, 0.25) is 0 Å². The predicted octanol–water partition coefficient (Wildman–Crippen LogP) is 0.997. The molecule has 1 aliphatic rings. The molecule has 2 rings (SSSR count). The van der Waals surface area contributed by atoms with Crippen molar-refractivity contribution in [3.63, 3.8) is 0 Å². The van der Waals surface area contributed by atoms with Crippen molar-refractivity contribution in [1.29, 1.82) is 0 Å². The number of carbonyl (C=O) groups excluding carboxylic acids is 2. The minimum Gasteiger partial charge on any atom is -0.462 e. The van der Waals surface area contributed by atoms with Crippen LogP contribution in [0.4, 0.5) is 0 Å². The van der Waals surface area contributed by atoms with Gasteiger partial charge in [-0.15, -0.1) is 0 Å². The fourth-order valence-corrected chi connectivity index (χ4v) is 1.56. The smallest absolute Gasteiger partial charge is 0.340 e. The molecule has 1 aliphatic heterocycles. The Morgan fingerprint density at radius 1 is 1.50 bits per heavy atom. The lowest BCUT2D eigenvalue weighted by Crippen LogP contribution is -2.20. The minimum absolute atomic E-state index is 0.0657. The first-order valence-electron chi connectivity index (χ1n) is 4.35. The number of pyridine rings is 1. The van der Waals surface area contributed by atoms with E-state index in [0.29, 0.717) is 24.2 Å². The van der Waals surface area contributed by atoms with Gasteiger partial charge in [-0.25, -0.2) is 4.79 Å². The van der Waals surface area contributed by atoms with Crippen LogP contribution < -0.4 is 0 Å².